The number of benzene rings is 2. The second kappa shape index (κ2) is 9.57. The Labute approximate surface area is 175 Å². The van der Waals surface area contributed by atoms with Crippen molar-refractivity contribution < 1.29 is 19.0 Å². The lowest BCUT2D eigenvalue weighted by Gasteiger charge is -2.44. The monoisotopic (exact) mass is 420 g/mol. The van der Waals surface area contributed by atoms with Crippen LogP contribution in [0.15, 0.2) is 42.5 Å². The number of ether oxygens (including phenoxy) is 1. The van der Waals surface area contributed by atoms with Gasteiger partial charge in [-0.1, -0.05) is 23.7 Å². The van der Waals surface area contributed by atoms with Crippen molar-refractivity contribution in [3.05, 3.63) is 64.4 Å². The van der Waals surface area contributed by atoms with Gasteiger partial charge in [-0.25, -0.2) is 4.39 Å². The summed E-state index contributed by atoms with van der Waals surface area (Å²) < 4.78 is 18.8. The molecule has 7 heteroatoms. The first-order chi connectivity index (χ1) is 13.9. The maximum Gasteiger partial charge on any atom is 0.260 e. The summed E-state index contributed by atoms with van der Waals surface area (Å²) in [6, 6.07) is 11.7. The van der Waals surface area contributed by atoms with E-state index >= 15 is 0 Å². The summed E-state index contributed by atoms with van der Waals surface area (Å²) in [5.74, 6) is 0.126. The number of carbonyl (C=O) groups excluding carboxylic acids is 1. The van der Waals surface area contributed by atoms with E-state index in [4.69, 9.17) is 16.3 Å². The summed E-state index contributed by atoms with van der Waals surface area (Å²) in [5, 5.41) is 9.95. The van der Waals surface area contributed by atoms with Crippen LogP contribution in [0.2, 0.25) is 5.02 Å². The summed E-state index contributed by atoms with van der Waals surface area (Å²) in [7, 11) is 0. The highest BCUT2D eigenvalue weighted by Crippen LogP contribution is 2.24. The molecule has 2 atom stereocenters. The van der Waals surface area contributed by atoms with Gasteiger partial charge in [0.25, 0.3) is 5.91 Å². The van der Waals surface area contributed by atoms with Crippen LogP contribution in [0.5, 0.6) is 5.75 Å². The highest BCUT2D eigenvalue weighted by atomic mass is 35.5. The largest absolute Gasteiger partial charge is 0.483 e. The van der Waals surface area contributed by atoms with E-state index in [-0.39, 0.29) is 37.0 Å². The molecule has 0 spiro atoms. The molecular weight excluding hydrogens is 395 g/mol. The van der Waals surface area contributed by atoms with Crippen molar-refractivity contribution in [2.75, 3.05) is 19.7 Å². The van der Waals surface area contributed by atoms with Crippen LogP contribution in [0.4, 0.5) is 4.39 Å². The predicted molar refractivity (Wildman–Crippen MR) is 110 cm³/mol. The Hall–Kier alpha value is -2.15. The molecule has 0 bridgehead atoms. The van der Waals surface area contributed by atoms with E-state index in [1.165, 1.54) is 12.1 Å². The molecule has 0 radical (unpaired) electrons. The number of hydrogen-bond donors (Lipinski definition) is 1. The summed E-state index contributed by atoms with van der Waals surface area (Å²) in [5.41, 5.74) is 1.60. The number of aliphatic hydroxyl groups is 1. The molecular formula is C22H26ClFN2O3. The van der Waals surface area contributed by atoms with Crippen molar-refractivity contribution in [2.45, 2.75) is 39.1 Å². The van der Waals surface area contributed by atoms with E-state index in [9.17, 15) is 14.3 Å². The third kappa shape index (κ3) is 5.47. The van der Waals surface area contributed by atoms with Crippen molar-refractivity contribution >= 4 is 17.5 Å². The second-order valence-electron chi connectivity index (χ2n) is 7.50. The van der Waals surface area contributed by atoms with Gasteiger partial charge in [0.2, 0.25) is 0 Å². The Balaban J connectivity index is 1.58. The van der Waals surface area contributed by atoms with Crippen LogP contribution in [-0.4, -0.2) is 52.6 Å². The van der Waals surface area contributed by atoms with Crippen molar-refractivity contribution in [1.29, 1.82) is 0 Å². The molecule has 1 N–H and O–H groups in total. The molecule has 156 valence electrons. The predicted octanol–water partition coefficient (Wildman–Crippen LogP) is 3.47. The van der Waals surface area contributed by atoms with Crippen LogP contribution in [0.3, 0.4) is 0 Å². The Morgan fingerprint density at radius 2 is 1.90 bits per heavy atom. The van der Waals surface area contributed by atoms with E-state index in [0.717, 1.165) is 18.7 Å². The van der Waals surface area contributed by atoms with Crippen LogP contribution in [0, 0.1) is 5.82 Å². The lowest BCUT2D eigenvalue weighted by Crippen LogP contribution is -2.58. The Morgan fingerprint density at radius 3 is 2.59 bits per heavy atom. The first-order valence-electron chi connectivity index (χ1n) is 9.67. The van der Waals surface area contributed by atoms with E-state index in [1.807, 2.05) is 11.8 Å². The number of rotatable bonds is 6. The van der Waals surface area contributed by atoms with Crippen LogP contribution in [-0.2, 0) is 17.9 Å². The number of piperazine rings is 1. The third-order valence-electron chi connectivity index (χ3n) is 5.28. The van der Waals surface area contributed by atoms with Gasteiger partial charge >= 0.3 is 0 Å². The van der Waals surface area contributed by atoms with Gasteiger partial charge in [0.1, 0.15) is 11.6 Å². The number of halogens is 2. The number of carbonyl (C=O) groups is 1. The molecule has 0 aromatic heterocycles. The minimum absolute atomic E-state index is 0.0327. The number of amides is 1. The third-order valence-corrected chi connectivity index (χ3v) is 5.51. The van der Waals surface area contributed by atoms with Crippen LogP contribution >= 0.6 is 11.6 Å². The molecule has 5 nitrogen and oxygen atoms in total. The van der Waals surface area contributed by atoms with Crippen LogP contribution in [0.1, 0.15) is 25.0 Å². The molecule has 2 aromatic carbocycles. The molecule has 1 fully saturated rings. The van der Waals surface area contributed by atoms with E-state index in [0.29, 0.717) is 22.9 Å². The van der Waals surface area contributed by atoms with E-state index in [1.54, 1.807) is 30.3 Å². The van der Waals surface area contributed by atoms with Crippen LogP contribution in [0.25, 0.3) is 0 Å². The first-order valence-corrected chi connectivity index (χ1v) is 10.0. The molecule has 1 amide bonds. The van der Waals surface area contributed by atoms with Gasteiger partial charge in [0, 0.05) is 42.3 Å². The molecule has 1 heterocycles. The molecule has 3 rings (SSSR count). The van der Waals surface area contributed by atoms with Gasteiger partial charge in [-0.2, -0.15) is 0 Å². The molecule has 0 aliphatic carbocycles. The SMILES string of the molecule is CC1CN(C(=O)COc2ccc(Cl)cc2CO)[C@H](C)CN1Cc1ccc(F)cc1. The summed E-state index contributed by atoms with van der Waals surface area (Å²) in [4.78, 5) is 16.9. The average Bonchev–Trinajstić information content (AvgIpc) is 2.70. The maximum absolute atomic E-state index is 13.1. The van der Waals surface area contributed by atoms with Gasteiger partial charge in [-0.3, -0.25) is 9.69 Å². The first kappa shape index (κ1) is 21.6. The molecule has 29 heavy (non-hydrogen) atoms. The summed E-state index contributed by atoms with van der Waals surface area (Å²) >= 11 is 5.93. The Morgan fingerprint density at radius 1 is 1.17 bits per heavy atom. The van der Waals surface area contributed by atoms with Crippen molar-refractivity contribution in [1.82, 2.24) is 9.80 Å². The standard InChI is InChI=1S/C22H26ClFN2O3/c1-15-11-26(16(2)10-25(15)12-17-3-6-20(24)7-4-17)22(28)14-29-21-8-5-19(23)9-18(21)13-27/h3-9,15-16,27H,10-14H2,1-2H3/t15?,16-/m1/s1. The minimum atomic E-state index is -0.240. The summed E-state index contributed by atoms with van der Waals surface area (Å²) in [6.45, 7) is 5.84. The Bertz CT molecular complexity index is 846. The van der Waals surface area contributed by atoms with E-state index < -0.39 is 0 Å². The minimum Gasteiger partial charge on any atom is -0.483 e. The second-order valence-corrected chi connectivity index (χ2v) is 7.94. The normalized spacial score (nSPS) is 20.0. The molecule has 1 unspecified atom stereocenters. The average molecular weight is 421 g/mol. The molecule has 2 aromatic rings. The quantitative estimate of drug-likeness (QED) is 0.777. The zero-order chi connectivity index (χ0) is 21.0. The van der Waals surface area contributed by atoms with Gasteiger partial charge in [-0.15, -0.1) is 0 Å². The highest BCUT2D eigenvalue weighted by molar-refractivity contribution is 6.30. The zero-order valence-corrected chi connectivity index (χ0v) is 17.4. The van der Waals surface area contributed by atoms with Crippen molar-refractivity contribution in [2.24, 2.45) is 0 Å². The fraction of sp³-hybridized carbons (Fsp3) is 0.409. The Kier molecular flexibility index (Phi) is 7.11. The maximum atomic E-state index is 13.1. The van der Waals surface area contributed by atoms with Crippen molar-refractivity contribution in [3.63, 3.8) is 0 Å². The molecule has 1 aliphatic rings. The fourth-order valence-corrected chi connectivity index (χ4v) is 3.82. The van der Waals surface area contributed by atoms with Gasteiger partial charge in [0.15, 0.2) is 6.61 Å². The van der Waals surface area contributed by atoms with E-state index in [2.05, 4.69) is 11.8 Å². The summed E-state index contributed by atoms with van der Waals surface area (Å²) in [6.07, 6.45) is 0. The topological polar surface area (TPSA) is 53.0 Å². The number of nitrogens with zero attached hydrogens (tertiary/aromatic N) is 2. The van der Waals surface area contributed by atoms with Crippen LogP contribution < -0.4 is 4.74 Å². The number of aliphatic hydroxyl groups excluding tert-OH is 1. The number of hydrogen-bond acceptors (Lipinski definition) is 4. The zero-order valence-electron chi connectivity index (χ0n) is 16.6. The lowest BCUT2D eigenvalue weighted by molar-refractivity contribution is -0.139. The van der Waals surface area contributed by atoms with Gasteiger partial charge in [-0.05, 0) is 49.7 Å². The molecule has 1 aliphatic heterocycles. The van der Waals surface area contributed by atoms with Gasteiger partial charge in [0.05, 0.1) is 6.61 Å². The smallest absolute Gasteiger partial charge is 0.260 e. The molecule has 1 saturated heterocycles. The lowest BCUT2D eigenvalue weighted by atomic mass is 10.1. The molecule has 0 saturated carbocycles. The van der Waals surface area contributed by atoms with Crippen molar-refractivity contribution in [3.8, 4) is 5.75 Å². The van der Waals surface area contributed by atoms with Gasteiger partial charge < -0.3 is 14.7 Å². The fourth-order valence-electron chi connectivity index (χ4n) is 3.63. The highest BCUT2D eigenvalue weighted by Gasteiger charge is 2.32.